The molecule has 0 fully saturated rings. The summed E-state index contributed by atoms with van der Waals surface area (Å²) in [5.74, 6) is 6.21. The van der Waals surface area contributed by atoms with Crippen molar-refractivity contribution >= 4 is 22.3 Å². The van der Waals surface area contributed by atoms with Gasteiger partial charge < -0.3 is 19.8 Å². The molecule has 0 atom stereocenters. The van der Waals surface area contributed by atoms with E-state index < -0.39 is 0 Å². The minimum Gasteiger partial charge on any atom is -0.508 e. The highest BCUT2D eigenvalue weighted by atomic mass is 16.6. The molecule has 7 heteroatoms. The lowest BCUT2D eigenvalue weighted by Gasteiger charge is -2.05. The number of ether oxygens (including phenoxy) is 1. The van der Waals surface area contributed by atoms with Crippen LogP contribution in [-0.4, -0.2) is 28.9 Å². The fourth-order valence-electron chi connectivity index (χ4n) is 2.38. The Hall–Kier alpha value is -4.10. The van der Waals surface area contributed by atoms with Crippen molar-refractivity contribution in [3.05, 3.63) is 85.0 Å². The highest BCUT2D eigenvalue weighted by Gasteiger charge is 2.06. The van der Waals surface area contributed by atoms with Gasteiger partial charge in [-0.1, -0.05) is 30.3 Å². The zero-order valence-electron chi connectivity index (χ0n) is 16.2. The lowest BCUT2D eigenvalue weighted by atomic mass is 10.1. The van der Waals surface area contributed by atoms with Crippen molar-refractivity contribution in [3.63, 3.8) is 0 Å². The molecule has 0 bridgehead atoms. The van der Waals surface area contributed by atoms with Gasteiger partial charge in [0.25, 0.3) is 0 Å². The molecular formula is C23H21NO6. The molecule has 30 heavy (non-hydrogen) atoms. The number of benzene rings is 3. The molecule has 0 heterocycles. The average Bonchev–Trinajstić information content (AvgIpc) is 2.77. The van der Waals surface area contributed by atoms with E-state index >= 15 is 0 Å². The lowest BCUT2D eigenvalue weighted by Crippen LogP contribution is -2.02. The van der Waals surface area contributed by atoms with Gasteiger partial charge >= 0.3 is 0 Å². The second-order valence-electron chi connectivity index (χ2n) is 5.92. The van der Waals surface area contributed by atoms with Gasteiger partial charge in [-0.15, -0.1) is 0 Å². The van der Waals surface area contributed by atoms with Crippen LogP contribution in [0.4, 0.5) is 0 Å². The topological polar surface area (TPSA) is 119 Å². The first-order valence-corrected chi connectivity index (χ1v) is 8.79. The molecule has 0 saturated carbocycles. The van der Waals surface area contributed by atoms with Gasteiger partial charge in [0.15, 0.2) is 23.1 Å². The van der Waals surface area contributed by atoms with E-state index in [1.54, 1.807) is 37.4 Å². The van der Waals surface area contributed by atoms with Crippen LogP contribution in [0.15, 0.2) is 85.0 Å². The van der Waals surface area contributed by atoms with E-state index in [4.69, 9.17) is 15.7 Å². The maximum Gasteiger partial charge on any atom is 0.196 e. The molecule has 1 aliphatic carbocycles. The van der Waals surface area contributed by atoms with Gasteiger partial charge in [-0.25, -0.2) is 0 Å². The molecule has 0 aromatic heterocycles. The third kappa shape index (κ3) is 6.50. The Kier molecular flexibility index (Phi) is 8.16. The van der Waals surface area contributed by atoms with E-state index in [2.05, 4.69) is 4.84 Å². The summed E-state index contributed by atoms with van der Waals surface area (Å²) >= 11 is 0. The highest BCUT2D eigenvalue weighted by molar-refractivity contribution is 6.14. The fourth-order valence-corrected chi connectivity index (χ4v) is 2.38. The largest absolute Gasteiger partial charge is 0.508 e. The second-order valence-corrected chi connectivity index (χ2v) is 5.92. The number of carbonyl (C=O) groups excluding carboxylic acids is 2. The predicted octanol–water partition coefficient (Wildman–Crippen LogP) is 3.45. The summed E-state index contributed by atoms with van der Waals surface area (Å²) in [5, 5.41) is 20.0. The Morgan fingerprint density at radius 1 is 0.767 bits per heavy atom. The Balaban J connectivity index is 0.000000167. The van der Waals surface area contributed by atoms with Gasteiger partial charge in [0.2, 0.25) is 0 Å². The number of phenolic OH excluding ortho intramolecular Hbond substituents is 2. The van der Waals surface area contributed by atoms with Crippen molar-refractivity contribution in [3.8, 4) is 23.0 Å². The molecule has 4 N–H and O–H groups in total. The molecule has 4 rings (SSSR count). The average molecular weight is 407 g/mol. The van der Waals surface area contributed by atoms with Crippen LogP contribution in [0.3, 0.4) is 0 Å². The maximum absolute atomic E-state index is 10.3. The van der Waals surface area contributed by atoms with Gasteiger partial charge in [-0.05, 0) is 60.0 Å². The Morgan fingerprint density at radius 3 is 1.87 bits per heavy atom. The highest BCUT2D eigenvalue weighted by Crippen LogP contribution is 2.33. The Bertz CT molecular complexity index is 1030. The summed E-state index contributed by atoms with van der Waals surface area (Å²) < 4.78 is 4.86. The first-order chi connectivity index (χ1) is 14.4. The van der Waals surface area contributed by atoms with Crippen LogP contribution >= 0.6 is 0 Å². The number of carbonyl (C=O) groups is 2. The van der Waals surface area contributed by atoms with Crippen LogP contribution < -0.4 is 15.5 Å². The number of hydrogen-bond donors (Lipinski definition) is 3. The van der Waals surface area contributed by atoms with Crippen molar-refractivity contribution in [2.45, 2.75) is 0 Å². The third-order valence-electron chi connectivity index (χ3n) is 3.87. The standard InChI is InChI=1S/C10H9NO2.C7H8O2.C6H4O2/c11-13-10-8-4-2-1-3-7(8)5-6-9(10)12;1-9-7-4-2-6(8)3-5-7;7-5-1-2-6(8)4-3-5/h1-6,12H,11H2;2-5,8H,1H3;1-4H. The molecule has 0 radical (unpaired) electrons. The third-order valence-corrected chi connectivity index (χ3v) is 3.87. The van der Waals surface area contributed by atoms with Crippen molar-refractivity contribution in [2.24, 2.45) is 5.90 Å². The summed E-state index contributed by atoms with van der Waals surface area (Å²) in [6.45, 7) is 0. The van der Waals surface area contributed by atoms with Crippen molar-refractivity contribution < 1.29 is 29.4 Å². The quantitative estimate of drug-likeness (QED) is 0.440. The summed E-state index contributed by atoms with van der Waals surface area (Å²) in [6.07, 6.45) is 5.01. The van der Waals surface area contributed by atoms with Crippen LogP contribution in [0.25, 0.3) is 10.8 Å². The number of allylic oxidation sites excluding steroid dienone is 4. The van der Waals surface area contributed by atoms with E-state index in [9.17, 15) is 14.7 Å². The molecular weight excluding hydrogens is 386 g/mol. The molecule has 0 aliphatic heterocycles. The minimum atomic E-state index is -0.121. The Morgan fingerprint density at radius 2 is 1.33 bits per heavy atom. The van der Waals surface area contributed by atoms with Gasteiger partial charge in [0.1, 0.15) is 11.5 Å². The summed E-state index contributed by atoms with van der Waals surface area (Å²) in [7, 11) is 1.59. The number of aromatic hydroxyl groups is 2. The first-order valence-electron chi connectivity index (χ1n) is 8.79. The number of ketones is 2. The van der Waals surface area contributed by atoms with Gasteiger partial charge in [-0.2, -0.15) is 5.90 Å². The first kappa shape index (κ1) is 22.2. The predicted molar refractivity (Wildman–Crippen MR) is 113 cm³/mol. The number of hydrogen-bond acceptors (Lipinski definition) is 7. The fraction of sp³-hybridized carbons (Fsp3) is 0.0435. The normalized spacial score (nSPS) is 11.8. The van der Waals surface area contributed by atoms with E-state index in [1.807, 2.05) is 30.3 Å². The van der Waals surface area contributed by atoms with Crippen molar-refractivity contribution in [2.75, 3.05) is 7.11 Å². The van der Waals surface area contributed by atoms with Crippen LogP contribution in [0.2, 0.25) is 0 Å². The number of fused-ring (bicyclic) bond motifs is 1. The molecule has 0 saturated heterocycles. The lowest BCUT2D eigenvalue weighted by molar-refractivity contribution is -0.113. The van der Waals surface area contributed by atoms with Gasteiger partial charge in [0, 0.05) is 5.39 Å². The van der Waals surface area contributed by atoms with Crippen LogP contribution in [0, 0.1) is 0 Å². The molecule has 1 aliphatic rings. The smallest absolute Gasteiger partial charge is 0.196 e. The van der Waals surface area contributed by atoms with Crippen LogP contribution in [-0.2, 0) is 9.59 Å². The van der Waals surface area contributed by atoms with Crippen molar-refractivity contribution in [1.82, 2.24) is 0 Å². The molecule has 0 unspecified atom stereocenters. The van der Waals surface area contributed by atoms with E-state index in [0.29, 0.717) is 5.75 Å². The van der Waals surface area contributed by atoms with Crippen molar-refractivity contribution in [1.29, 1.82) is 0 Å². The molecule has 0 spiro atoms. The zero-order chi connectivity index (χ0) is 21.9. The molecule has 0 amide bonds. The SMILES string of the molecule is COc1ccc(O)cc1.NOc1c(O)ccc2ccccc12.O=C1C=CC(=O)C=C1. The van der Waals surface area contributed by atoms with E-state index in [0.717, 1.165) is 16.5 Å². The number of rotatable bonds is 2. The number of nitrogens with two attached hydrogens (primary N) is 1. The minimum absolute atomic E-state index is 0.0567. The van der Waals surface area contributed by atoms with E-state index in [1.165, 1.54) is 24.3 Å². The second kappa shape index (κ2) is 11.0. The van der Waals surface area contributed by atoms with Gasteiger partial charge in [0.05, 0.1) is 7.11 Å². The number of methoxy groups -OCH3 is 1. The summed E-state index contributed by atoms with van der Waals surface area (Å²) in [5.41, 5.74) is 0. The zero-order valence-corrected chi connectivity index (χ0v) is 16.2. The maximum atomic E-state index is 10.3. The Labute approximate surface area is 173 Å². The van der Waals surface area contributed by atoms with Gasteiger partial charge in [-0.3, -0.25) is 9.59 Å². The van der Waals surface area contributed by atoms with E-state index in [-0.39, 0.29) is 23.1 Å². The summed E-state index contributed by atoms with van der Waals surface area (Å²) in [6, 6.07) is 17.5. The molecule has 154 valence electrons. The summed E-state index contributed by atoms with van der Waals surface area (Å²) in [4.78, 5) is 25.2. The molecule has 7 nitrogen and oxygen atoms in total. The number of phenols is 2. The van der Waals surface area contributed by atoms with Crippen LogP contribution in [0.1, 0.15) is 0 Å². The monoisotopic (exact) mass is 407 g/mol. The molecule has 3 aromatic rings. The molecule has 3 aromatic carbocycles. The van der Waals surface area contributed by atoms with Crippen LogP contribution in [0.5, 0.6) is 23.0 Å².